The molecule has 0 aromatic heterocycles. The molecule has 0 spiro atoms. The molecule has 4 bridgehead atoms. The Balaban J connectivity index is 0.000000291. The van der Waals surface area contributed by atoms with E-state index in [1.807, 2.05) is 97.1 Å². The maximum absolute atomic E-state index is 10.7. The average Bonchev–Trinajstić information content (AvgIpc) is 1.41. The zero-order valence-electron chi connectivity index (χ0n) is 48.8. The molecular weight excluding hydrogens is 1170 g/mol. The zero-order chi connectivity index (χ0) is 61.3. The molecule has 0 radical (unpaired) electrons. The molecule has 0 saturated heterocycles. The SMILES string of the molecule is C1=C\COCCOCCOCCOc2cc3ccccc3cc2OCCOCCOCCOC/1.COc1cc(C[NH2+]Cc2cc3cc(c2)OCCOCCOCCOc2cccc(c2)OCCOCCOCCO3)cc(OC)c1.F[P-](F)(F)(F)(F)F. The second kappa shape index (κ2) is 39.8. The van der Waals surface area contributed by atoms with Gasteiger partial charge in [-0.05, 0) is 59.3 Å². The van der Waals surface area contributed by atoms with Crippen molar-refractivity contribution in [3.8, 4) is 46.0 Å². The Morgan fingerprint density at radius 2 is 0.640 bits per heavy atom. The Labute approximate surface area is 498 Å². The fraction of sp³-hybridized carbons (Fsp3) is 0.500. The topological polar surface area (TPSA) is 183 Å². The summed E-state index contributed by atoms with van der Waals surface area (Å²) in [7, 11) is -7.35. The van der Waals surface area contributed by atoms with Crippen LogP contribution in [0.2, 0.25) is 0 Å². The van der Waals surface area contributed by atoms with Gasteiger partial charge < -0.3 is 90.6 Å². The van der Waals surface area contributed by atoms with Gasteiger partial charge in [-0.25, -0.2) is 0 Å². The summed E-state index contributed by atoms with van der Waals surface area (Å²) in [5.74, 6) is 5.81. The summed E-state index contributed by atoms with van der Waals surface area (Å²) in [5.41, 5.74) is 2.18. The van der Waals surface area contributed by atoms with Crippen LogP contribution in [0.5, 0.6) is 46.0 Å². The fourth-order valence-corrected chi connectivity index (χ4v) is 7.64. The van der Waals surface area contributed by atoms with Gasteiger partial charge in [0.25, 0.3) is 0 Å². The standard InChI is InChI=1S/C34H45NO10.C26H36O8.F6P/c1-36-31-18-27(19-32(23-31)37-2)25-35-26-28-20-33-24-34(21-28)45-17-13-41-9-7-39-11-15-43-30-5-3-4-29(22-30)42-14-10-38-6-8-40-12-16-44-33;1-2-6-24-22-26-25(21-23(24)5-1)33-19-17-31-15-13-29-11-9-27-7-3-4-8-28-10-12-30-14-16-32-18-20-34-26;1-7(2,3,4,5)6/h3-5,18-24,35H,6-17,25-26H2,1-2H3;1-6,21-22H,7-20H2;/q;;-1/p+1/b;4-3-;. The Bertz CT molecular complexity index is 2510. The number of hydrogen-bond donors (Lipinski definition) is 1. The van der Waals surface area contributed by atoms with Crippen molar-refractivity contribution >= 4 is 18.6 Å². The van der Waals surface area contributed by atoms with E-state index in [0.29, 0.717) is 183 Å². The summed E-state index contributed by atoms with van der Waals surface area (Å²) < 4.78 is 161. The van der Waals surface area contributed by atoms with Crippen LogP contribution >= 0.6 is 7.81 Å². The Morgan fingerprint density at radius 1 is 0.337 bits per heavy atom. The minimum atomic E-state index is -10.7. The van der Waals surface area contributed by atoms with Gasteiger partial charge in [0.05, 0.1) is 146 Å². The Hall–Kier alpha value is -5.93. The van der Waals surface area contributed by atoms with Crippen LogP contribution in [0.15, 0.2) is 109 Å². The van der Waals surface area contributed by atoms with Crippen molar-refractivity contribution in [1.82, 2.24) is 0 Å². The third kappa shape index (κ3) is 35.6. The van der Waals surface area contributed by atoms with Crippen molar-refractivity contribution in [3.05, 3.63) is 120 Å². The second-order valence-corrected chi connectivity index (χ2v) is 20.3. The first-order valence-corrected chi connectivity index (χ1v) is 30.2. The van der Waals surface area contributed by atoms with Crippen molar-refractivity contribution in [3.63, 3.8) is 0 Å². The molecule has 5 aromatic rings. The van der Waals surface area contributed by atoms with Crippen molar-refractivity contribution < 1.29 is 116 Å². The number of methoxy groups -OCH3 is 2. The van der Waals surface area contributed by atoms with Gasteiger partial charge in [0.15, 0.2) is 11.5 Å². The van der Waals surface area contributed by atoms with Crippen LogP contribution in [0.3, 0.4) is 0 Å². The van der Waals surface area contributed by atoms with Gasteiger partial charge in [-0.3, -0.25) is 0 Å². The number of halogens is 6. The second-order valence-electron chi connectivity index (χ2n) is 18.4. The quantitative estimate of drug-likeness (QED) is 0.0962. The molecule has 2 aliphatic rings. The first-order valence-electron chi connectivity index (χ1n) is 28.2. The Morgan fingerprint density at radius 3 is 1.00 bits per heavy atom. The molecule has 0 amide bonds. The molecule has 19 nitrogen and oxygen atoms in total. The third-order valence-electron chi connectivity index (χ3n) is 11.5. The normalized spacial score (nSPS) is 18.5. The van der Waals surface area contributed by atoms with Crippen molar-refractivity contribution in [1.29, 1.82) is 0 Å². The van der Waals surface area contributed by atoms with Crippen LogP contribution in [0.4, 0.5) is 25.2 Å². The van der Waals surface area contributed by atoms with Crippen molar-refractivity contribution in [2.75, 3.05) is 186 Å². The summed E-state index contributed by atoms with van der Waals surface area (Å²) in [6, 6.07) is 31.5. The molecular formula is C60H82F6NO18P. The van der Waals surface area contributed by atoms with E-state index in [1.165, 1.54) is 0 Å². The number of ether oxygens (including phenoxy) is 18. The average molecular weight is 1250 g/mol. The first-order chi connectivity index (χ1) is 41.6. The molecule has 26 heteroatoms. The monoisotopic (exact) mass is 1250 g/mol. The van der Waals surface area contributed by atoms with Gasteiger partial charge >= 0.3 is 33.0 Å². The van der Waals surface area contributed by atoms with E-state index >= 15 is 0 Å². The molecule has 0 atom stereocenters. The summed E-state index contributed by atoms with van der Waals surface area (Å²) in [6.07, 6.45) is 3.87. The molecule has 0 saturated carbocycles. The number of hydrogen-bond acceptors (Lipinski definition) is 18. The predicted octanol–water partition coefficient (Wildman–Crippen LogP) is 9.91. The van der Waals surface area contributed by atoms with Gasteiger partial charge in [-0.1, -0.05) is 42.5 Å². The molecule has 7 rings (SSSR count). The molecule has 2 N–H and O–H groups in total. The van der Waals surface area contributed by atoms with E-state index < -0.39 is 7.81 Å². The van der Waals surface area contributed by atoms with Crippen LogP contribution < -0.4 is 43.2 Å². The van der Waals surface area contributed by atoms with Crippen LogP contribution in [-0.2, 0) is 60.5 Å². The van der Waals surface area contributed by atoms with Gasteiger partial charge in [0.1, 0.15) is 87.2 Å². The van der Waals surface area contributed by atoms with E-state index in [0.717, 1.165) is 69.5 Å². The number of quaternary nitrogens is 1. The van der Waals surface area contributed by atoms with E-state index in [1.54, 1.807) is 14.2 Å². The molecule has 0 fully saturated rings. The van der Waals surface area contributed by atoms with Crippen LogP contribution in [0.25, 0.3) is 10.8 Å². The van der Waals surface area contributed by atoms with E-state index in [-0.39, 0.29) is 0 Å². The third-order valence-corrected chi connectivity index (χ3v) is 11.5. The summed E-state index contributed by atoms with van der Waals surface area (Å²) in [4.78, 5) is 0. The molecule has 0 unspecified atom stereocenters. The minimum absolute atomic E-state index is 0.404. The van der Waals surface area contributed by atoms with Gasteiger partial charge in [0, 0.05) is 29.3 Å². The predicted molar refractivity (Wildman–Crippen MR) is 310 cm³/mol. The van der Waals surface area contributed by atoms with E-state index in [9.17, 15) is 25.2 Å². The van der Waals surface area contributed by atoms with Crippen LogP contribution in [0, 0.1) is 0 Å². The summed E-state index contributed by atoms with van der Waals surface area (Å²) in [5, 5.41) is 4.39. The van der Waals surface area contributed by atoms with Gasteiger partial charge in [-0.2, -0.15) is 0 Å². The summed E-state index contributed by atoms with van der Waals surface area (Å²) in [6.45, 7) is 13.8. The van der Waals surface area contributed by atoms with Crippen LogP contribution in [-0.4, -0.2) is 186 Å². The Kier molecular flexibility index (Phi) is 32.8. The summed E-state index contributed by atoms with van der Waals surface area (Å²) >= 11 is 0. The molecule has 0 aliphatic carbocycles. The number of rotatable bonds is 6. The zero-order valence-corrected chi connectivity index (χ0v) is 49.7. The number of nitrogens with two attached hydrogens (primary N) is 1. The molecule has 5 aromatic carbocycles. The van der Waals surface area contributed by atoms with Crippen molar-refractivity contribution in [2.45, 2.75) is 13.1 Å². The van der Waals surface area contributed by atoms with Crippen LogP contribution in [0.1, 0.15) is 11.1 Å². The fourth-order valence-electron chi connectivity index (χ4n) is 7.64. The maximum atomic E-state index is 9.87. The van der Waals surface area contributed by atoms with E-state index in [4.69, 9.17) is 85.3 Å². The molecule has 86 heavy (non-hydrogen) atoms. The van der Waals surface area contributed by atoms with Crippen molar-refractivity contribution in [2.24, 2.45) is 0 Å². The molecule has 2 heterocycles. The van der Waals surface area contributed by atoms with E-state index in [2.05, 4.69) is 17.4 Å². The first kappa shape index (κ1) is 70.8. The molecule has 482 valence electrons. The number of benzene rings is 5. The molecule has 2 aliphatic heterocycles. The number of fused-ring (bicyclic) bond motifs is 6. The van der Waals surface area contributed by atoms with Gasteiger partial charge in [0.2, 0.25) is 0 Å². The van der Waals surface area contributed by atoms with Gasteiger partial charge in [-0.15, -0.1) is 0 Å².